The van der Waals surface area contributed by atoms with Crippen molar-refractivity contribution in [1.82, 2.24) is 14.7 Å². The number of hydrogen-bond donors (Lipinski definition) is 1. The number of thioether (sulfide) groups is 1. The molecule has 1 aromatic carbocycles. The van der Waals surface area contributed by atoms with Gasteiger partial charge in [0.2, 0.25) is 5.92 Å². The minimum Gasteiger partial charge on any atom is -0.382 e. The first-order valence-corrected chi connectivity index (χ1v) is 9.48. The van der Waals surface area contributed by atoms with Crippen LogP contribution in [0.1, 0.15) is 30.5 Å². The van der Waals surface area contributed by atoms with Gasteiger partial charge in [-0.1, -0.05) is 17.7 Å². The fraction of sp³-hybridized carbons (Fsp3) is 0.333. The summed E-state index contributed by atoms with van der Waals surface area (Å²) in [5.41, 5.74) is 6.84. The number of allylic oxidation sites excluding steroid dienone is 1. The fourth-order valence-electron chi connectivity index (χ4n) is 3.38. The molecule has 4 rings (SSSR count). The van der Waals surface area contributed by atoms with Crippen molar-refractivity contribution < 1.29 is 23.2 Å². The number of hydrogen-bond acceptors (Lipinski definition) is 6. The molecule has 1 aromatic heterocycles. The van der Waals surface area contributed by atoms with Crippen molar-refractivity contribution in [3.63, 3.8) is 0 Å². The molecule has 0 atom stereocenters. The normalized spacial score (nSPS) is 19.7. The van der Waals surface area contributed by atoms with Crippen LogP contribution in [0.15, 0.2) is 34.7 Å². The highest BCUT2D eigenvalue weighted by Crippen LogP contribution is 2.42. The van der Waals surface area contributed by atoms with E-state index in [4.69, 9.17) is 5.73 Å². The number of aromatic nitrogens is 2. The van der Waals surface area contributed by atoms with Crippen LogP contribution in [0.4, 0.5) is 19.4 Å². The molecular weight excluding hydrogens is 390 g/mol. The number of nitrogen functional groups attached to an aromatic ring is 1. The van der Waals surface area contributed by atoms with E-state index in [9.17, 15) is 23.2 Å². The van der Waals surface area contributed by atoms with E-state index in [-0.39, 0.29) is 36.4 Å². The number of imide groups is 1. The Bertz CT molecular complexity index is 1030. The van der Waals surface area contributed by atoms with Crippen LogP contribution in [0, 0.1) is 0 Å². The molecule has 2 aliphatic rings. The van der Waals surface area contributed by atoms with Crippen LogP contribution < -0.4 is 5.73 Å². The second-order valence-electron chi connectivity index (χ2n) is 6.76. The lowest BCUT2D eigenvalue weighted by atomic mass is 9.91. The zero-order valence-corrected chi connectivity index (χ0v) is 15.5. The molecule has 1 saturated heterocycles. The largest absolute Gasteiger partial charge is 0.382 e. The molecule has 0 radical (unpaired) electrons. The standard InChI is InChI=1S/C18H16F2N4O3S/c19-18(20)7-5-10(6-8-18)14-16(26)23(17(27)28-14)9-13(25)24-12-4-2-1-3-11(12)15(21)22-24/h1-4H,5-9H2,(H2,21,22). The van der Waals surface area contributed by atoms with Crippen molar-refractivity contribution in [1.29, 1.82) is 0 Å². The van der Waals surface area contributed by atoms with E-state index < -0.39 is 29.5 Å². The number of para-hydroxylation sites is 1. The van der Waals surface area contributed by atoms with Crippen molar-refractivity contribution in [3.8, 4) is 0 Å². The lowest BCUT2D eigenvalue weighted by Crippen LogP contribution is -2.36. The summed E-state index contributed by atoms with van der Waals surface area (Å²) in [4.78, 5) is 38.6. The van der Waals surface area contributed by atoms with E-state index >= 15 is 0 Å². The summed E-state index contributed by atoms with van der Waals surface area (Å²) in [6.07, 6.45) is -0.552. The first-order valence-electron chi connectivity index (χ1n) is 8.67. The number of amides is 2. The highest BCUT2D eigenvalue weighted by Gasteiger charge is 2.41. The third kappa shape index (κ3) is 3.17. The lowest BCUT2D eigenvalue weighted by Gasteiger charge is -2.24. The number of rotatable bonds is 2. The molecule has 10 heteroatoms. The average Bonchev–Trinajstić information content (AvgIpc) is 3.14. The number of benzene rings is 1. The van der Waals surface area contributed by atoms with Gasteiger partial charge in [-0.3, -0.25) is 19.3 Å². The van der Waals surface area contributed by atoms with Crippen molar-refractivity contribution in [2.45, 2.75) is 31.6 Å². The summed E-state index contributed by atoms with van der Waals surface area (Å²) in [6, 6.07) is 6.85. The molecule has 146 valence electrons. The van der Waals surface area contributed by atoms with Crippen LogP contribution in [-0.2, 0) is 4.79 Å². The summed E-state index contributed by atoms with van der Waals surface area (Å²) in [7, 11) is 0. The average molecular weight is 406 g/mol. The number of nitrogens with two attached hydrogens (primary N) is 1. The molecule has 1 aliphatic carbocycles. The van der Waals surface area contributed by atoms with Gasteiger partial charge < -0.3 is 5.73 Å². The predicted octanol–water partition coefficient (Wildman–Crippen LogP) is 3.42. The molecular formula is C18H16F2N4O3S. The van der Waals surface area contributed by atoms with Gasteiger partial charge in [-0.05, 0) is 36.7 Å². The zero-order chi connectivity index (χ0) is 20.1. The Morgan fingerprint density at radius 2 is 1.89 bits per heavy atom. The molecule has 0 unspecified atom stereocenters. The van der Waals surface area contributed by atoms with Gasteiger partial charge in [0, 0.05) is 18.2 Å². The Kier molecular flexibility index (Phi) is 4.45. The summed E-state index contributed by atoms with van der Waals surface area (Å²) in [5, 5.41) is 4.00. The number of fused-ring (bicyclic) bond motifs is 1. The quantitative estimate of drug-likeness (QED) is 0.768. The van der Waals surface area contributed by atoms with Gasteiger partial charge in [0.05, 0.1) is 10.4 Å². The maximum absolute atomic E-state index is 13.3. The molecule has 2 N–H and O–H groups in total. The maximum Gasteiger partial charge on any atom is 0.294 e. The van der Waals surface area contributed by atoms with E-state index in [1.54, 1.807) is 24.3 Å². The number of halogens is 2. The van der Waals surface area contributed by atoms with E-state index in [2.05, 4.69) is 5.10 Å². The Labute approximate surface area is 162 Å². The summed E-state index contributed by atoms with van der Waals surface area (Å²) < 4.78 is 27.8. The zero-order valence-electron chi connectivity index (χ0n) is 14.7. The van der Waals surface area contributed by atoms with Gasteiger partial charge in [-0.25, -0.2) is 8.78 Å². The van der Waals surface area contributed by atoms with E-state index in [0.717, 1.165) is 9.58 Å². The number of anilines is 1. The minimum atomic E-state index is -2.74. The van der Waals surface area contributed by atoms with Crippen LogP contribution in [0.3, 0.4) is 0 Å². The molecule has 2 fully saturated rings. The van der Waals surface area contributed by atoms with Crippen LogP contribution >= 0.6 is 11.8 Å². The van der Waals surface area contributed by atoms with Crippen LogP contribution in [0.5, 0.6) is 0 Å². The highest BCUT2D eigenvalue weighted by molar-refractivity contribution is 8.18. The Morgan fingerprint density at radius 1 is 1.21 bits per heavy atom. The predicted molar refractivity (Wildman–Crippen MR) is 99.9 cm³/mol. The second-order valence-corrected chi connectivity index (χ2v) is 7.72. The highest BCUT2D eigenvalue weighted by atomic mass is 32.2. The van der Waals surface area contributed by atoms with Crippen molar-refractivity contribution >= 4 is 45.5 Å². The third-order valence-corrected chi connectivity index (χ3v) is 5.96. The lowest BCUT2D eigenvalue weighted by molar-refractivity contribution is -0.122. The van der Waals surface area contributed by atoms with Gasteiger partial charge in [-0.2, -0.15) is 4.68 Å². The van der Waals surface area contributed by atoms with E-state index in [1.807, 2.05) is 0 Å². The van der Waals surface area contributed by atoms with Crippen molar-refractivity contribution in [3.05, 3.63) is 34.7 Å². The Hall–Kier alpha value is -2.75. The molecule has 2 heterocycles. The maximum atomic E-state index is 13.3. The summed E-state index contributed by atoms with van der Waals surface area (Å²) in [5.74, 6) is -3.77. The topological polar surface area (TPSA) is 98.3 Å². The smallest absolute Gasteiger partial charge is 0.294 e. The Balaban J connectivity index is 1.56. The monoisotopic (exact) mass is 406 g/mol. The van der Waals surface area contributed by atoms with Crippen LogP contribution in [0.25, 0.3) is 10.9 Å². The van der Waals surface area contributed by atoms with Crippen LogP contribution in [0.2, 0.25) is 0 Å². The van der Waals surface area contributed by atoms with E-state index in [1.165, 1.54) is 0 Å². The fourth-order valence-corrected chi connectivity index (χ4v) is 4.36. The molecule has 1 saturated carbocycles. The third-order valence-electron chi connectivity index (χ3n) is 4.90. The number of alkyl halides is 2. The molecule has 2 aromatic rings. The first-order chi connectivity index (χ1) is 13.3. The summed E-state index contributed by atoms with van der Waals surface area (Å²) >= 11 is 0.700. The molecule has 0 bridgehead atoms. The molecule has 2 amide bonds. The van der Waals surface area contributed by atoms with Gasteiger partial charge in [0.25, 0.3) is 17.1 Å². The summed E-state index contributed by atoms with van der Waals surface area (Å²) in [6.45, 7) is -0.497. The van der Waals surface area contributed by atoms with Gasteiger partial charge in [0.15, 0.2) is 5.82 Å². The molecule has 28 heavy (non-hydrogen) atoms. The Morgan fingerprint density at radius 3 is 2.61 bits per heavy atom. The van der Waals surface area contributed by atoms with Crippen molar-refractivity contribution in [2.75, 3.05) is 12.3 Å². The van der Waals surface area contributed by atoms with Gasteiger partial charge >= 0.3 is 0 Å². The second kappa shape index (κ2) is 6.69. The number of carbonyl (C=O) groups is 3. The van der Waals surface area contributed by atoms with Crippen molar-refractivity contribution in [2.24, 2.45) is 0 Å². The molecule has 0 spiro atoms. The number of nitrogens with zero attached hydrogens (tertiary/aromatic N) is 3. The van der Waals surface area contributed by atoms with Gasteiger partial charge in [-0.15, -0.1) is 5.10 Å². The van der Waals surface area contributed by atoms with E-state index in [0.29, 0.717) is 28.2 Å². The van der Waals surface area contributed by atoms with Gasteiger partial charge in [0.1, 0.15) is 6.54 Å². The molecule has 1 aliphatic heterocycles. The minimum absolute atomic E-state index is 0.0659. The first kappa shape index (κ1) is 18.6. The molecule has 7 nitrogen and oxygen atoms in total. The number of carbonyl (C=O) groups excluding carboxylic acids is 3. The van der Waals surface area contributed by atoms with Crippen LogP contribution in [-0.4, -0.2) is 44.2 Å². The SMILES string of the molecule is Nc1nn(C(=O)CN2C(=O)SC(=C3CCC(F)(F)CC3)C2=O)c2ccccc12.